The maximum Gasteiger partial charge on any atom is 0.222 e. The number of hydrogen-bond donors (Lipinski definition) is 4. The molecule has 0 saturated carbocycles. The minimum absolute atomic E-state index is 0.00179. The zero-order chi connectivity index (χ0) is 28.1. The standard InChI is InChI=1S/C33H61NO4/c1-3-5-7-9-11-12-13-14-15-16-17-18-19-21-23-25-27-32(37)31(29-35)34-33(38)28-30(36)26-24-22-20-10-8-6-4-2/h14-15,18-19,25,27,30-32,35-37H,3-13,16-17,20-24,26,28-29H2,1-2H3,(H,34,38)/b15-14+,19-18+,27-25+. The molecule has 222 valence electrons. The molecule has 0 aromatic carbocycles. The first-order valence-electron chi connectivity index (χ1n) is 15.8. The van der Waals surface area contributed by atoms with E-state index in [1.54, 1.807) is 6.08 Å². The van der Waals surface area contributed by atoms with E-state index in [4.69, 9.17) is 0 Å². The number of carbonyl (C=O) groups is 1. The molecule has 1 amide bonds. The van der Waals surface area contributed by atoms with Crippen molar-refractivity contribution in [3.63, 3.8) is 0 Å². The normalized spacial score (nSPS) is 14.6. The van der Waals surface area contributed by atoms with Crippen LogP contribution in [0.3, 0.4) is 0 Å². The van der Waals surface area contributed by atoms with Crippen molar-refractivity contribution < 1.29 is 20.1 Å². The van der Waals surface area contributed by atoms with Crippen molar-refractivity contribution in [2.45, 2.75) is 161 Å². The van der Waals surface area contributed by atoms with Crippen molar-refractivity contribution in [1.82, 2.24) is 5.32 Å². The summed E-state index contributed by atoms with van der Waals surface area (Å²) in [5.41, 5.74) is 0. The van der Waals surface area contributed by atoms with Gasteiger partial charge in [0, 0.05) is 0 Å². The van der Waals surface area contributed by atoms with Gasteiger partial charge in [-0.2, -0.15) is 0 Å². The number of aliphatic hydroxyl groups is 3. The molecule has 5 nitrogen and oxygen atoms in total. The molecule has 0 aromatic heterocycles. The monoisotopic (exact) mass is 535 g/mol. The van der Waals surface area contributed by atoms with Crippen molar-refractivity contribution in [3.05, 3.63) is 36.5 Å². The van der Waals surface area contributed by atoms with Crippen molar-refractivity contribution in [2.24, 2.45) is 0 Å². The molecule has 4 N–H and O–H groups in total. The summed E-state index contributed by atoms with van der Waals surface area (Å²) in [5.74, 6) is -0.337. The molecule has 0 aliphatic heterocycles. The predicted octanol–water partition coefficient (Wildman–Crippen LogP) is 7.70. The number of rotatable bonds is 27. The van der Waals surface area contributed by atoms with Crippen LogP contribution >= 0.6 is 0 Å². The molecule has 5 heteroatoms. The summed E-state index contributed by atoms with van der Waals surface area (Å²) in [5, 5.41) is 32.7. The highest BCUT2D eigenvalue weighted by Crippen LogP contribution is 2.12. The summed E-state index contributed by atoms with van der Waals surface area (Å²) in [6, 6.07) is -0.761. The lowest BCUT2D eigenvalue weighted by molar-refractivity contribution is -0.124. The second-order valence-electron chi connectivity index (χ2n) is 10.7. The van der Waals surface area contributed by atoms with Crippen molar-refractivity contribution in [3.8, 4) is 0 Å². The molecule has 0 spiro atoms. The van der Waals surface area contributed by atoms with Gasteiger partial charge in [-0.05, 0) is 44.9 Å². The number of hydrogen-bond acceptors (Lipinski definition) is 4. The molecule has 0 aromatic rings. The number of unbranched alkanes of at least 4 members (excludes halogenated alkanes) is 14. The van der Waals surface area contributed by atoms with Gasteiger partial charge < -0.3 is 20.6 Å². The van der Waals surface area contributed by atoms with E-state index in [0.717, 1.165) is 38.5 Å². The molecule has 0 rings (SSSR count). The molecule has 38 heavy (non-hydrogen) atoms. The smallest absolute Gasteiger partial charge is 0.222 e. The van der Waals surface area contributed by atoms with E-state index in [1.807, 2.05) is 6.08 Å². The van der Waals surface area contributed by atoms with Crippen LogP contribution < -0.4 is 5.32 Å². The Labute approximate surface area is 234 Å². The van der Waals surface area contributed by atoms with Gasteiger partial charge in [0.05, 0.1) is 31.3 Å². The van der Waals surface area contributed by atoms with Crippen LogP contribution in [0.15, 0.2) is 36.5 Å². The van der Waals surface area contributed by atoms with Gasteiger partial charge >= 0.3 is 0 Å². The molecule has 0 fully saturated rings. The van der Waals surface area contributed by atoms with E-state index in [0.29, 0.717) is 6.42 Å². The van der Waals surface area contributed by atoms with Gasteiger partial charge in [0.2, 0.25) is 5.91 Å². The van der Waals surface area contributed by atoms with Crippen LogP contribution in [0.5, 0.6) is 0 Å². The third kappa shape index (κ3) is 24.9. The lowest BCUT2D eigenvalue weighted by atomic mass is 10.0. The average Bonchev–Trinajstić information content (AvgIpc) is 2.90. The Hall–Kier alpha value is -1.43. The van der Waals surface area contributed by atoms with Crippen LogP contribution in [0.4, 0.5) is 0 Å². The third-order valence-corrected chi connectivity index (χ3v) is 6.91. The van der Waals surface area contributed by atoms with Crippen molar-refractivity contribution in [1.29, 1.82) is 0 Å². The van der Waals surface area contributed by atoms with E-state index in [1.165, 1.54) is 77.0 Å². The zero-order valence-electron chi connectivity index (χ0n) is 24.8. The first kappa shape index (κ1) is 36.6. The first-order chi connectivity index (χ1) is 18.5. The van der Waals surface area contributed by atoms with Gasteiger partial charge in [-0.1, -0.05) is 127 Å². The van der Waals surface area contributed by atoms with Crippen LogP contribution in [-0.2, 0) is 4.79 Å². The fourth-order valence-electron chi connectivity index (χ4n) is 4.43. The van der Waals surface area contributed by atoms with Crippen LogP contribution in [0.2, 0.25) is 0 Å². The molecule has 0 aliphatic carbocycles. The highest BCUT2D eigenvalue weighted by atomic mass is 16.3. The second kappa shape index (κ2) is 28.6. The highest BCUT2D eigenvalue weighted by molar-refractivity contribution is 5.76. The molecular formula is C33H61NO4. The maximum absolute atomic E-state index is 12.2. The molecular weight excluding hydrogens is 474 g/mol. The SMILES string of the molecule is CCCCCCCC/C=C/CC/C=C/CC/C=C/C(O)C(CO)NC(=O)CC(O)CCCCCCCCC. The molecule has 3 unspecified atom stereocenters. The second-order valence-corrected chi connectivity index (χ2v) is 10.7. The summed E-state index contributed by atoms with van der Waals surface area (Å²) < 4.78 is 0. The molecule has 0 aliphatic rings. The van der Waals surface area contributed by atoms with Crippen LogP contribution in [0.1, 0.15) is 142 Å². The molecule has 0 bridgehead atoms. The fraction of sp³-hybridized carbons (Fsp3) is 0.788. The predicted molar refractivity (Wildman–Crippen MR) is 162 cm³/mol. The molecule has 0 heterocycles. The summed E-state index contributed by atoms with van der Waals surface area (Å²) in [4.78, 5) is 12.2. The minimum Gasteiger partial charge on any atom is -0.394 e. The van der Waals surface area contributed by atoms with Gasteiger partial charge in [0.25, 0.3) is 0 Å². The van der Waals surface area contributed by atoms with Crippen LogP contribution in [0, 0.1) is 0 Å². The summed E-state index contributed by atoms with van der Waals surface area (Å²) in [6.07, 6.45) is 32.7. The first-order valence-corrected chi connectivity index (χ1v) is 15.8. The lowest BCUT2D eigenvalue weighted by Gasteiger charge is -2.20. The Bertz CT molecular complexity index is 602. The maximum atomic E-state index is 12.2. The Balaban J connectivity index is 3.89. The summed E-state index contributed by atoms with van der Waals surface area (Å²) in [7, 11) is 0. The number of amides is 1. The van der Waals surface area contributed by atoms with Gasteiger partial charge in [0.1, 0.15) is 0 Å². The van der Waals surface area contributed by atoms with Crippen molar-refractivity contribution in [2.75, 3.05) is 6.61 Å². The average molecular weight is 536 g/mol. The Kier molecular flexibility index (Phi) is 27.5. The number of allylic oxidation sites excluding steroid dienone is 5. The number of nitrogens with one attached hydrogen (secondary N) is 1. The third-order valence-electron chi connectivity index (χ3n) is 6.91. The fourth-order valence-corrected chi connectivity index (χ4v) is 4.43. The highest BCUT2D eigenvalue weighted by Gasteiger charge is 2.19. The quantitative estimate of drug-likeness (QED) is 0.0641. The van der Waals surface area contributed by atoms with Crippen LogP contribution in [-0.4, -0.2) is 46.1 Å². The summed E-state index contributed by atoms with van der Waals surface area (Å²) in [6.45, 7) is 4.11. The van der Waals surface area contributed by atoms with E-state index in [-0.39, 0.29) is 18.9 Å². The van der Waals surface area contributed by atoms with Gasteiger partial charge in [-0.15, -0.1) is 0 Å². The van der Waals surface area contributed by atoms with E-state index >= 15 is 0 Å². The largest absolute Gasteiger partial charge is 0.394 e. The Morgan fingerprint density at radius 1 is 0.658 bits per heavy atom. The van der Waals surface area contributed by atoms with E-state index < -0.39 is 18.2 Å². The van der Waals surface area contributed by atoms with Gasteiger partial charge in [0.15, 0.2) is 0 Å². The Morgan fingerprint density at radius 2 is 1.13 bits per heavy atom. The number of carbonyl (C=O) groups excluding carboxylic acids is 1. The van der Waals surface area contributed by atoms with Gasteiger partial charge in [-0.3, -0.25) is 4.79 Å². The minimum atomic E-state index is -0.954. The molecule has 3 atom stereocenters. The van der Waals surface area contributed by atoms with Crippen molar-refractivity contribution >= 4 is 5.91 Å². The zero-order valence-corrected chi connectivity index (χ0v) is 24.8. The Morgan fingerprint density at radius 3 is 1.68 bits per heavy atom. The van der Waals surface area contributed by atoms with Crippen LogP contribution in [0.25, 0.3) is 0 Å². The number of aliphatic hydroxyl groups excluding tert-OH is 3. The lowest BCUT2D eigenvalue weighted by Crippen LogP contribution is -2.45. The van der Waals surface area contributed by atoms with Gasteiger partial charge in [-0.25, -0.2) is 0 Å². The van der Waals surface area contributed by atoms with E-state index in [9.17, 15) is 20.1 Å². The summed E-state index contributed by atoms with van der Waals surface area (Å²) >= 11 is 0. The topological polar surface area (TPSA) is 89.8 Å². The van der Waals surface area contributed by atoms with E-state index in [2.05, 4.69) is 43.5 Å². The molecule has 0 radical (unpaired) electrons. The molecule has 0 saturated heterocycles.